The number of hydrogen-bond donors (Lipinski definition) is 3. The van der Waals surface area contributed by atoms with Gasteiger partial charge in [0.1, 0.15) is 0 Å². The minimum Gasteiger partial charge on any atom is -0.361 e. The van der Waals surface area contributed by atoms with Crippen LogP contribution in [-0.2, 0) is 16.2 Å². The van der Waals surface area contributed by atoms with Gasteiger partial charge in [-0.1, -0.05) is 0 Å². The molecule has 3 heteroatoms. The monoisotopic (exact) mass is 321 g/mol. The smallest absolute Gasteiger partial charge is 0.0447 e. The molecule has 3 aromatic rings. The lowest BCUT2D eigenvalue weighted by molar-refractivity contribution is 0.545. The Hall–Kier alpha value is -2.16. The summed E-state index contributed by atoms with van der Waals surface area (Å²) in [6, 6.07) is 13.4. The minimum atomic E-state index is -0.0862. The van der Waals surface area contributed by atoms with E-state index in [0.717, 1.165) is 0 Å². The van der Waals surface area contributed by atoms with E-state index in [1.165, 1.54) is 34.2 Å². The van der Waals surface area contributed by atoms with Gasteiger partial charge >= 0.3 is 0 Å². The van der Waals surface area contributed by atoms with Crippen LogP contribution in [0.2, 0.25) is 0 Å². The molecule has 126 valence electrons. The van der Waals surface area contributed by atoms with Gasteiger partial charge in [-0.05, 0) is 77.9 Å². The SMILES string of the molecule is CC1(C)c2ccc([nH]2)C(C)(C)c2ccc([nH]2)C(C)(C)c2ccc1[nH]2. The molecular weight excluding hydrogens is 294 g/mol. The van der Waals surface area contributed by atoms with Crippen LogP contribution < -0.4 is 0 Å². The summed E-state index contributed by atoms with van der Waals surface area (Å²) in [7, 11) is 0. The number of hydrogen-bond acceptors (Lipinski definition) is 0. The Morgan fingerprint density at radius 3 is 0.750 bits per heavy atom. The van der Waals surface area contributed by atoms with Crippen LogP contribution in [0, 0.1) is 0 Å². The zero-order valence-corrected chi connectivity index (χ0v) is 15.5. The lowest BCUT2D eigenvalue weighted by Crippen LogP contribution is -2.26. The predicted molar refractivity (Wildman–Crippen MR) is 98.8 cm³/mol. The third-order valence-electron chi connectivity index (χ3n) is 6.10. The zero-order valence-electron chi connectivity index (χ0n) is 15.5. The summed E-state index contributed by atoms with van der Waals surface area (Å²) >= 11 is 0. The summed E-state index contributed by atoms with van der Waals surface area (Å²) < 4.78 is 0. The van der Waals surface area contributed by atoms with Crippen molar-refractivity contribution in [2.45, 2.75) is 57.8 Å². The molecule has 24 heavy (non-hydrogen) atoms. The van der Waals surface area contributed by atoms with Crippen molar-refractivity contribution in [1.82, 2.24) is 15.0 Å². The Morgan fingerprint density at radius 2 is 0.583 bits per heavy atom. The van der Waals surface area contributed by atoms with E-state index < -0.39 is 0 Å². The van der Waals surface area contributed by atoms with Crippen LogP contribution in [0.5, 0.6) is 0 Å². The van der Waals surface area contributed by atoms with Gasteiger partial charge in [-0.25, -0.2) is 0 Å². The fourth-order valence-corrected chi connectivity index (χ4v) is 3.81. The van der Waals surface area contributed by atoms with E-state index in [4.69, 9.17) is 0 Å². The molecule has 3 N–H and O–H groups in total. The van der Waals surface area contributed by atoms with Crippen LogP contribution in [0.3, 0.4) is 0 Å². The second-order valence-electron chi connectivity index (χ2n) is 8.73. The van der Waals surface area contributed by atoms with Crippen LogP contribution >= 0.6 is 0 Å². The highest BCUT2D eigenvalue weighted by molar-refractivity contribution is 5.42. The minimum absolute atomic E-state index is 0.0862. The molecule has 6 bridgehead atoms. The molecule has 0 fully saturated rings. The summed E-state index contributed by atoms with van der Waals surface area (Å²) in [5.74, 6) is 0. The van der Waals surface area contributed by atoms with E-state index in [1.807, 2.05) is 0 Å². The zero-order chi connectivity index (χ0) is 17.3. The Balaban J connectivity index is 2.04. The maximum Gasteiger partial charge on any atom is 0.0447 e. The van der Waals surface area contributed by atoms with Gasteiger partial charge in [0.15, 0.2) is 0 Å². The van der Waals surface area contributed by atoms with Gasteiger partial charge < -0.3 is 15.0 Å². The molecule has 0 saturated heterocycles. The Labute approximate surface area is 143 Å². The summed E-state index contributed by atoms with van der Waals surface area (Å²) in [5, 5.41) is 0. The first-order valence-corrected chi connectivity index (χ1v) is 8.73. The standard InChI is InChI=1S/C21H27N3/c1-19(2)13-7-9-15(22-13)20(3,4)17-11-12-18(24-17)21(5,6)16-10-8-14(19)23-16/h7-12,22-24H,1-6H3. The van der Waals surface area contributed by atoms with Crippen molar-refractivity contribution in [3.63, 3.8) is 0 Å². The third kappa shape index (κ3) is 1.90. The molecule has 0 unspecified atom stereocenters. The van der Waals surface area contributed by atoms with E-state index >= 15 is 0 Å². The van der Waals surface area contributed by atoms with Crippen LogP contribution in [0.15, 0.2) is 36.4 Å². The van der Waals surface area contributed by atoms with Crippen molar-refractivity contribution >= 4 is 0 Å². The van der Waals surface area contributed by atoms with E-state index in [2.05, 4.69) is 92.9 Å². The molecule has 0 amide bonds. The number of nitrogens with one attached hydrogen (secondary N) is 3. The number of H-pyrrole nitrogens is 3. The molecule has 3 aromatic heterocycles. The molecule has 0 spiro atoms. The van der Waals surface area contributed by atoms with E-state index in [1.54, 1.807) is 0 Å². The van der Waals surface area contributed by atoms with Crippen molar-refractivity contribution in [2.24, 2.45) is 0 Å². The average molecular weight is 321 g/mol. The Kier molecular flexibility index (Phi) is 2.86. The Bertz CT molecular complexity index is 718. The summed E-state index contributed by atoms with van der Waals surface area (Å²) in [4.78, 5) is 11.1. The number of aromatic amines is 3. The highest BCUT2D eigenvalue weighted by Crippen LogP contribution is 2.39. The lowest BCUT2D eigenvalue weighted by atomic mass is 9.85. The molecule has 0 aromatic carbocycles. The quantitative estimate of drug-likeness (QED) is 0.524. The molecule has 0 saturated carbocycles. The van der Waals surface area contributed by atoms with Gasteiger partial charge in [0.05, 0.1) is 0 Å². The lowest BCUT2D eigenvalue weighted by Gasteiger charge is -2.28. The Morgan fingerprint density at radius 1 is 0.417 bits per heavy atom. The van der Waals surface area contributed by atoms with Crippen LogP contribution in [0.25, 0.3) is 0 Å². The highest BCUT2D eigenvalue weighted by Gasteiger charge is 2.35. The number of aromatic nitrogens is 3. The second-order valence-corrected chi connectivity index (χ2v) is 8.73. The third-order valence-corrected chi connectivity index (χ3v) is 6.10. The fourth-order valence-electron chi connectivity index (χ4n) is 3.81. The van der Waals surface area contributed by atoms with Gasteiger partial charge in [-0.15, -0.1) is 0 Å². The fraction of sp³-hybridized carbons (Fsp3) is 0.429. The maximum atomic E-state index is 3.69. The predicted octanol–water partition coefficient (Wildman–Crippen LogP) is 4.96. The van der Waals surface area contributed by atoms with Crippen LogP contribution in [-0.4, -0.2) is 15.0 Å². The first kappa shape index (κ1) is 15.4. The van der Waals surface area contributed by atoms with E-state index in [9.17, 15) is 0 Å². The van der Waals surface area contributed by atoms with Crippen molar-refractivity contribution in [1.29, 1.82) is 0 Å². The normalized spacial score (nSPS) is 20.2. The van der Waals surface area contributed by atoms with Gasteiger partial charge in [-0.3, -0.25) is 0 Å². The average Bonchev–Trinajstić information content (AvgIpc) is 3.24. The molecule has 0 radical (unpaired) electrons. The van der Waals surface area contributed by atoms with Crippen molar-refractivity contribution in [3.05, 3.63) is 70.6 Å². The molecule has 0 aliphatic carbocycles. The first-order chi connectivity index (χ1) is 11.1. The summed E-state index contributed by atoms with van der Waals surface area (Å²) in [6.07, 6.45) is 0. The molecule has 3 nitrogen and oxygen atoms in total. The molecule has 4 heterocycles. The molecular formula is C21H27N3. The van der Waals surface area contributed by atoms with Gasteiger partial charge in [-0.2, -0.15) is 0 Å². The maximum absolute atomic E-state index is 3.69. The van der Waals surface area contributed by atoms with Crippen molar-refractivity contribution in [2.75, 3.05) is 0 Å². The largest absolute Gasteiger partial charge is 0.361 e. The van der Waals surface area contributed by atoms with Gasteiger partial charge in [0, 0.05) is 50.4 Å². The highest BCUT2D eigenvalue weighted by atomic mass is 14.9. The van der Waals surface area contributed by atoms with E-state index in [-0.39, 0.29) is 16.2 Å². The number of fused-ring (bicyclic) bond motifs is 6. The topological polar surface area (TPSA) is 47.4 Å². The molecule has 1 aliphatic heterocycles. The van der Waals surface area contributed by atoms with Crippen LogP contribution in [0.1, 0.15) is 75.7 Å². The molecule has 0 atom stereocenters. The van der Waals surface area contributed by atoms with Crippen molar-refractivity contribution < 1.29 is 0 Å². The second kappa shape index (κ2) is 4.47. The first-order valence-electron chi connectivity index (χ1n) is 8.73. The van der Waals surface area contributed by atoms with E-state index in [0.29, 0.717) is 0 Å². The molecule has 1 aliphatic rings. The summed E-state index contributed by atoms with van der Waals surface area (Å²) in [6.45, 7) is 13.6. The van der Waals surface area contributed by atoms with Crippen molar-refractivity contribution in [3.8, 4) is 0 Å². The number of rotatable bonds is 0. The molecule has 4 rings (SSSR count). The van der Waals surface area contributed by atoms with Crippen LogP contribution in [0.4, 0.5) is 0 Å². The summed E-state index contributed by atoms with van der Waals surface area (Å²) in [5.41, 5.74) is 7.18. The van der Waals surface area contributed by atoms with Gasteiger partial charge in [0.25, 0.3) is 0 Å². The van der Waals surface area contributed by atoms with Gasteiger partial charge in [0.2, 0.25) is 0 Å².